The molecule has 1 rings (SSSR count). The first-order valence-corrected chi connectivity index (χ1v) is 7.03. The van der Waals surface area contributed by atoms with Crippen LogP contribution in [0.2, 0.25) is 0 Å². The Labute approximate surface area is 107 Å². The highest BCUT2D eigenvalue weighted by molar-refractivity contribution is 7.98. The second kappa shape index (κ2) is 7.17. The van der Waals surface area contributed by atoms with Gasteiger partial charge in [-0.1, -0.05) is 0 Å². The lowest BCUT2D eigenvalue weighted by Gasteiger charge is -2.18. The predicted molar refractivity (Wildman–Crippen MR) is 73.7 cm³/mol. The van der Waals surface area contributed by atoms with E-state index in [4.69, 9.17) is 0 Å². The molecule has 0 saturated carbocycles. The SMILES string of the molecule is CCNc1ncccc1C(=O)N(C)CCSC. The van der Waals surface area contributed by atoms with Gasteiger partial charge in [0.15, 0.2) is 0 Å². The van der Waals surface area contributed by atoms with Gasteiger partial charge in [0.2, 0.25) is 0 Å². The number of carbonyl (C=O) groups is 1. The van der Waals surface area contributed by atoms with E-state index in [2.05, 4.69) is 10.3 Å². The summed E-state index contributed by atoms with van der Waals surface area (Å²) in [5.41, 5.74) is 0.637. The Bertz CT molecular complexity index is 371. The highest BCUT2D eigenvalue weighted by Gasteiger charge is 2.15. The Kier molecular flexibility index (Phi) is 5.83. The molecule has 4 nitrogen and oxygen atoms in total. The van der Waals surface area contributed by atoms with Crippen LogP contribution in [0.4, 0.5) is 5.82 Å². The summed E-state index contributed by atoms with van der Waals surface area (Å²) < 4.78 is 0. The van der Waals surface area contributed by atoms with Crippen molar-refractivity contribution in [1.82, 2.24) is 9.88 Å². The normalized spacial score (nSPS) is 10.1. The third-order valence-electron chi connectivity index (χ3n) is 2.36. The zero-order valence-corrected chi connectivity index (χ0v) is 11.4. The maximum absolute atomic E-state index is 12.2. The summed E-state index contributed by atoms with van der Waals surface area (Å²) in [5, 5.41) is 3.10. The maximum atomic E-state index is 12.2. The molecule has 1 aromatic rings. The first-order valence-electron chi connectivity index (χ1n) is 5.64. The molecule has 1 amide bonds. The molecule has 1 heterocycles. The lowest BCUT2D eigenvalue weighted by Crippen LogP contribution is -2.29. The Morgan fingerprint density at radius 2 is 2.35 bits per heavy atom. The van der Waals surface area contributed by atoms with Gasteiger partial charge in [0.1, 0.15) is 5.82 Å². The number of aromatic nitrogens is 1. The highest BCUT2D eigenvalue weighted by Crippen LogP contribution is 2.13. The van der Waals surface area contributed by atoms with Crippen molar-refractivity contribution < 1.29 is 4.79 Å². The summed E-state index contributed by atoms with van der Waals surface area (Å²) in [6.07, 6.45) is 3.73. The van der Waals surface area contributed by atoms with E-state index in [9.17, 15) is 4.79 Å². The molecule has 0 unspecified atom stereocenters. The van der Waals surface area contributed by atoms with Crippen LogP contribution in [0, 0.1) is 0 Å². The van der Waals surface area contributed by atoms with Gasteiger partial charge >= 0.3 is 0 Å². The standard InChI is InChI=1S/C12H19N3OS/c1-4-13-11-10(6-5-7-14-11)12(16)15(2)8-9-17-3/h5-7H,4,8-9H2,1-3H3,(H,13,14). The Hall–Kier alpha value is -1.23. The van der Waals surface area contributed by atoms with Gasteiger partial charge in [-0.2, -0.15) is 11.8 Å². The highest BCUT2D eigenvalue weighted by atomic mass is 32.2. The van der Waals surface area contributed by atoms with Gasteiger partial charge in [0, 0.05) is 32.1 Å². The number of nitrogens with zero attached hydrogens (tertiary/aromatic N) is 2. The molecule has 0 fully saturated rings. The first kappa shape index (κ1) is 13.8. The van der Waals surface area contributed by atoms with E-state index >= 15 is 0 Å². The zero-order valence-electron chi connectivity index (χ0n) is 10.6. The fourth-order valence-corrected chi connectivity index (χ4v) is 1.88. The average Bonchev–Trinajstić information content (AvgIpc) is 2.36. The smallest absolute Gasteiger partial charge is 0.257 e. The Morgan fingerprint density at radius 3 is 3.00 bits per heavy atom. The Morgan fingerprint density at radius 1 is 1.59 bits per heavy atom. The average molecular weight is 253 g/mol. The van der Waals surface area contributed by atoms with Crippen molar-refractivity contribution >= 4 is 23.5 Å². The van der Waals surface area contributed by atoms with E-state index in [1.807, 2.05) is 26.3 Å². The second-order valence-electron chi connectivity index (χ2n) is 3.65. The molecule has 1 N–H and O–H groups in total. The van der Waals surface area contributed by atoms with Gasteiger partial charge in [-0.15, -0.1) is 0 Å². The molecule has 17 heavy (non-hydrogen) atoms. The molecular formula is C12H19N3OS. The number of amides is 1. The molecule has 1 aromatic heterocycles. The van der Waals surface area contributed by atoms with Crippen molar-refractivity contribution in [2.24, 2.45) is 0 Å². The van der Waals surface area contributed by atoms with Crippen LogP contribution in [0.1, 0.15) is 17.3 Å². The van der Waals surface area contributed by atoms with Crippen LogP contribution < -0.4 is 5.32 Å². The first-order chi connectivity index (χ1) is 8.20. The van der Waals surface area contributed by atoms with E-state index in [0.717, 1.165) is 18.8 Å². The van der Waals surface area contributed by atoms with Crippen molar-refractivity contribution in [3.05, 3.63) is 23.9 Å². The van der Waals surface area contributed by atoms with Gasteiger partial charge in [-0.3, -0.25) is 4.79 Å². The van der Waals surface area contributed by atoms with E-state index < -0.39 is 0 Å². The minimum Gasteiger partial charge on any atom is -0.370 e. The van der Waals surface area contributed by atoms with Crippen molar-refractivity contribution in [2.75, 3.05) is 37.5 Å². The van der Waals surface area contributed by atoms with Gasteiger partial charge < -0.3 is 10.2 Å². The second-order valence-corrected chi connectivity index (χ2v) is 4.64. The van der Waals surface area contributed by atoms with Crippen molar-refractivity contribution in [3.63, 3.8) is 0 Å². The predicted octanol–water partition coefficient (Wildman–Crippen LogP) is 1.95. The summed E-state index contributed by atoms with van der Waals surface area (Å²) in [6.45, 7) is 3.49. The van der Waals surface area contributed by atoms with E-state index in [0.29, 0.717) is 11.4 Å². The lowest BCUT2D eigenvalue weighted by molar-refractivity contribution is 0.0804. The quantitative estimate of drug-likeness (QED) is 0.841. The van der Waals surface area contributed by atoms with Gasteiger partial charge in [0.25, 0.3) is 5.91 Å². The number of hydrogen-bond donors (Lipinski definition) is 1. The van der Waals surface area contributed by atoms with Gasteiger partial charge in [-0.05, 0) is 25.3 Å². The molecule has 5 heteroatoms. The number of anilines is 1. The summed E-state index contributed by atoms with van der Waals surface area (Å²) in [5.74, 6) is 1.62. The van der Waals surface area contributed by atoms with Crippen LogP contribution in [-0.4, -0.2) is 47.9 Å². The molecule has 0 saturated heterocycles. The molecule has 0 spiro atoms. The Balaban J connectivity index is 2.80. The molecule has 0 aromatic carbocycles. The third-order valence-corrected chi connectivity index (χ3v) is 2.95. The monoisotopic (exact) mass is 253 g/mol. The van der Waals surface area contributed by atoms with Crippen molar-refractivity contribution in [1.29, 1.82) is 0 Å². The molecule has 0 bridgehead atoms. The molecule has 0 aliphatic carbocycles. The van der Waals surface area contributed by atoms with Crippen LogP contribution in [0.15, 0.2) is 18.3 Å². The van der Waals surface area contributed by atoms with Gasteiger partial charge in [-0.25, -0.2) is 4.98 Å². The fourth-order valence-electron chi connectivity index (χ4n) is 1.42. The number of carbonyl (C=O) groups excluding carboxylic acids is 1. The molecular weight excluding hydrogens is 234 g/mol. The number of thioether (sulfide) groups is 1. The number of hydrogen-bond acceptors (Lipinski definition) is 4. The zero-order chi connectivity index (χ0) is 12.7. The maximum Gasteiger partial charge on any atom is 0.257 e. The lowest BCUT2D eigenvalue weighted by atomic mass is 10.2. The number of rotatable bonds is 6. The van der Waals surface area contributed by atoms with Crippen LogP contribution >= 0.6 is 11.8 Å². The van der Waals surface area contributed by atoms with Gasteiger partial charge in [0.05, 0.1) is 5.56 Å². The third kappa shape index (κ3) is 3.93. The van der Waals surface area contributed by atoms with E-state index in [1.165, 1.54) is 0 Å². The minimum absolute atomic E-state index is 0.0168. The molecule has 0 atom stereocenters. The summed E-state index contributed by atoms with van der Waals surface area (Å²) >= 11 is 1.73. The summed E-state index contributed by atoms with van der Waals surface area (Å²) in [4.78, 5) is 18.1. The van der Waals surface area contributed by atoms with E-state index in [1.54, 1.807) is 28.9 Å². The number of pyridine rings is 1. The summed E-state index contributed by atoms with van der Waals surface area (Å²) in [7, 11) is 1.82. The summed E-state index contributed by atoms with van der Waals surface area (Å²) in [6, 6.07) is 3.60. The fraction of sp³-hybridized carbons (Fsp3) is 0.500. The number of nitrogens with one attached hydrogen (secondary N) is 1. The minimum atomic E-state index is 0.0168. The van der Waals surface area contributed by atoms with Crippen LogP contribution in [-0.2, 0) is 0 Å². The largest absolute Gasteiger partial charge is 0.370 e. The molecule has 0 radical (unpaired) electrons. The molecule has 94 valence electrons. The van der Waals surface area contributed by atoms with E-state index in [-0.39, 0.29) is 5.91 Å². The van der Waals surface area contributed by atoms with Crippen LogP contribution in [0.25, 0.3) is 0 Å². The van der Waals surface area contributed by atoms with Crippen molar-refractivity contribution in [2.45, 2.75) is 6.92 Å². The molecule has 0 aliphatic heterocycles. The van der Waals surface area contributed by atoms with Crippen LogP contribution in [0.5, 0.6) is 0 Å². The molecule has 0 aliphatic rings. The van der Waals surface area contributed by atoms with Crippen molar-refractivity contribution in [3.8, 4) is 0 Å². The topological polar surface area (TPSA) is 45.2 Å². The van der Waals surface area contributed by atoms with Crippen LogP contribution in [0.3, 0.4) is 0 Å².